The number of aromatic nitrogens is 2. The third-order valence-electron chi connectivity index (χ3n) is 3.32. The maximum Gasteiger partial charge on any atom is 0.261 e. The predicted molar refractivity (Wildman–Crippen MR) is 83.1 cm³/mol. The Hall–Kier alpha value is -2.67. The Bertz CT molecular complexity index is 659. The lowest BCUT2D eigenvalue weighted by atomic mass is 10.2. The first kappa shape index (κ1) is 14.3. The molecule has 2 amide bonds. The van der Waals surface area contributed by atoms with Crippen molar-refractivity contribution in [2.75, 3.05) is 13.1 Å². The van der Waals surface area contributed by atoms with Crippen LogP contribution in [0.1, 0.15) is 20.7 Å². The quantitative estimate of drug-likeness (QED) is 0.783. The van der Waals surface area contributed by atoms with Gasteiger partial charge in [-0.25, -0.2) is 0 Å². The predicted octanol–water partition coefficient (Wildman–Crippen LogP) is 1.36. The normalized spacial score (nSPS) is 14.3. The molecular formula is C15H12N4O2S. The van der Waals surface area contributed by atoms with Crippen molar-refractivity contribution in [3.63, 3.8) is 0 Å². The maximum atomic E-state index is 12.4. The van der Waals surface area contributed by atoms with Crippen LogP contribution >= 0.6 is 12.2 Å². The highest BCUT2D eigenvalue weighted by Crippen LogP contribution is 2.16. The van der Waals surface area contributed by atoms with Crippen molar-refractivity contribution >= 4 is 29.1 Å². The summed E-state index contributed by atoms with van der Waals surface area (Å²) in [5, 5.41) is 0.211. The maximum absolute atomic E-state index is 12.4. The molecule has 0 atom stereocenters. The zero-order valence-corrected chi connectivity index (χ0v) is 12.4. The first-order chi connectivity index (χ1) is 10.7. The van der Waals surface area contributed by atoms with Gasteiger partial charge in [-0.1, -0.05) is 0 Å². The zero-order chi connectivity index (χ0) is 15.5. The molecule has 1 aliphatic rings. The summed E-state index contributed by atoms with van der Waals surface area (Å²) in [6.07, 6.45) is 6.15. The average molecular weight is 312 g/mol. The number of pyridine rings is 2. The first-order valence-electron chi connectivity index (χ1n) is 6.66. The molecule has 3 rings (SSSR count). The van der Waals surface area contributed by atoms with Crippen LogP contribution in [-0.2, 0) is 0 Å². The standard InChI is InChI=1S/C15H12N4O2S/c20-13(11-3-1-5-16-9-11)18-7-8-19(15(18)22)14(21)12-4-2-6-17-10-12/h1-6,9-10H,7-8H2. The molecule has 110 valence electrons. The van der Waals surface area contributed by atoms with Crippen molar-refractivity contribution in [2.45, 2.75) is 0 Å². The molecule has 0 aliphatic carbocycles. The Morgan fingerprint density at radius 1 is 0.909 bits per heavy atom. The van der Waals surface area contributed by atoms with Gasteiger partial charge in [-0.2, -0.15) is 0 Å². The lowest BCUT2D eigenvalue weighted by Crippen LogP contribution is -2.38. The second kappa shape index (κ2) is 5.98. The summed E-state index contributed by atoms with van der Waals surface area (Å²) in [5.74, 6) is -0.501. The fourth-order valence-corrected chi connectivity index (χ4v) is 2.55. The molecule has 6 nitrogen and oxygen atoms in total. The largest absolute Gasteiger partial charge is 0.283 e. The SMILES string of the molecule is O=C(c1cccnc1)N1CCN(C(=O)c2cccnc2)C1=S. The summed E-state index contributed by atoms with van der Waals surface area (Å²) in [5.41, 5.74) is 0.890. The minimum Gasteiger partial charge on any atom is -0.283 e. The van der Waals surface area contributed by atoms with Crippen LogP contribution in [0, 0.1) is 0 Å². The average Bonchev–Trinajstić information content (AvgIpc) is 2.96. The van der Waals surface area contributed by atoms with Gasteiger partial charge in [0, 0.05) is 37.9 Å². The van der Waals surface area contributed by atoms with E-state index < -0.39 is 0 Å². The highest BCUT2D eigenvalue weighted by Gasteiger charge is 2.34. The van der Waals surface area contributed by atoms with Crippen molar-refractivity contribution < 1.29 is 9.59 Å². The molecule has 1 fully saturated rings. The summed E-state index contributed by atoms with van der Waals surface area (Å²) < 4.78 is 0. The van der Waals surface area contributed by atoms with Crippen LogP contribution in [0.25, 0.3) is 0 Å². The number of rotatable bonds is 2. The number of hydrogen-bond acceptors (Lipinski definition) is 5. The number of carbonyl (C=O) groups excluding carboxylic acids is 2. The van der Waals surface area contributed by atoms with Gasteiger partial charge >= 0.3 is 0 Å². The van der Waals surface area contributed by atoms with Gasteiger partial charge in [0.1, 0.15) is 0 Å². The molecule has 0 unspecified atom stereocenters. The molecule has 0 radical (unpaired) electrons. The van der Waals surface area contributed by atoms with Crippen molar-refractivity contribution in [1.82, 2.24) is 19.8 Å². The fourth-order valence-electron chi connectivity index (χ4n) is 2.20. The van der Waals surface area contributed by atoms with Crippen LogP contribution in [0.4, 0.5) is 0 Å². The highest BCUT2D eigenvalue weighted by atomic mass is 32.1. The fraction of sp³-hybridized carbons (Fsp3) is 0.133. The van der Waals surface area contributed by atoms with Crippen molar-refractivity contribution in [2.24, 2.45) is 0 Å². The summed E-state index contributed by atoms with van der Waals surface area (Å²) in [6, 6.07) is 6.71. The van der Waals surface area contributed by atoms with Gasteiger partial charge in [0.25, 0.3) is 11.8 Å². The second-order valence-corrected chi connectivity index (χ2v) is 5.04. The summed E-state index contributed by atoms with van der Waals surface area (Å²) in [6.45, 7) is 0.747. The van der Waals surface area contributed by atoms with Crippen LogP contribution in [0.15, 0.2) is 49.1 Å². The molecule has 0 spiro atoms. The van der Waals surface area contributed by atoms with Gasteiger partial charge in [-0.3, -0.25) is 29.4 Å². The Balaban J connectivity index is 1.78. The molecule has 0 saturated carbocycles. The van der Waals surface area contributed by atoms with Crippen LogP contribution in [0.2, 0.25) is 0 Å². The molecule has 3 heterocycles. The Kier molecular flexibility index (Phi) is 3.88. The molecule has 0 bridgehead atoms. The topological polar surface area (TPSA) is 66.4 Å². The van der Waals surface area contributed by atoms with E-state index >= 15 is 0 Å². The van der Waals surface area contributed by atoms with Crippen molar-refractivity contribution in [1.29, 1.82) is 0 Å². The zero-order valence-electron chi connectivity index (χ0n) is 11.5. The lowest BCUT2D eigenvalue weighted by molar-refractivity contribution is 0.0857. The van der Waals surface area contributed by atoms with E-state index in [1.807, 2.05) is 0 Å². The molecule has 0 N–H and O–H groups in total. The monoisotopic (exact) mass is 312 g/mol. The molecule has 22 heavy (non-hydrogen) atoms. The van der Waals surface area contributed by atoms with Gasteiger partial charge in [-0.15, -0.1) is 0 Å². The second-order valence-electron chi connectivity index (χ2n) is 4.68. The minimum atomic E-state index is -0.250. The van der Waals surface area contributed by atoms with Crippen molar-refractivity contribution in [3.05, 3.63) is 60.2 Å². The Morgan fingerprint density at radius 2 is 1.36 bits per heavy atom. The molecular weight excluding hydrogens is 300 g/mol. The lowest BCUT2D eigenvalue weighted by Gasteiger charge is -2.19. The van der Waals surface area contributed by atoms with Gasteiger partial charge in [0.05, 0.1) is 11.1 Å². The Labute approximate surface area is 132 Å². The van der Waals surface area contributed by atoms with E-state index in [-0.39, 0.29) is 16.9 Å². The molecule has 1 saturated heterocycles. The molecule has 2 aromatic rings. The molecule has 2 aromatic heterocycles. The Morgan fingerprint density at radius 3 is 1.73 bits per heavy atom. The molecule has 1 aliphatic heterocycles. The number of hydrogen-bond donors (Lipinski definition) is 0. The van der Waals surface area contributed by atoms with E-state index in [2.05, 4.69) is 9.97 Å². The first-order valence-corrected chi connectivity index (χ1v) is 7.07. The van der Waals surface area contributed by atoms with E-state index in [4.69, 9.17) is 12.2 Å². The number of thiocarbonyl (C=S) groups is 1. The van der Waals surface area contributed by atoms with E-state index in [0.29, 0.717) is 24.2 Å². The molecule has 7 heteroatoms. The molecule has 0 aromatic carbocycles. The van der Waals surface area contributed by atoms with E-state index in [0.717, 1.165) is 0 Å². The third-order valence-corrected chi connectivity index (χ3v) is 3.76. The summed E-state index contributed by atoms with van der Waals surface area (Å²) in [7, 11) is 0. The number of amides is 2. The van der Waals surface area contributed by atoms with Crippen molar-refractivity contribution in [3.8, 4) is 0 Å². The van der Waals surface area contributed by atoms with Crippen LogP contribution in [0.5, 0.6) is 0 Å². The number of nitrogens with zero attached hydrogens (tertiary/aromatic N) is 4. The van der Waals surface area contributed by atoms with E-state index in [1.54, 1.807) is 36.7 Å². The summed E-state index contributed by atoms with van der Waals surface area (Å²) in [4.78, 5) is 35.5. The van der Waals surface area contributed by atoms with Crippen LogP contribution < -0.4 is 0 Å². The van der Waals surface area contributed by atoms with Gasteiger partial charge < -0.3 is 0 Å². The third kappa shape index (κ3) is 2.58. The smallest absolute Gasteiger partial charge is 0.261 e. The van der Waals surface area contributed by atoms with Gasteiger partial charge in [0.2, 0.25) is 0 Å². The van der Waals surface area contributed by atoms with Gasteiger partial charge in [0.15, 0.2) is 5.11 Å². The summed E-state index contributed by atoms with van der Waals surface area (Å²) >= 11 is 5.28. The van der Waals surface area contributed by atoms with Crippen LogP contribution in [-0.4, -0.2) is 49.8 Å². The van der Waals surface area contributed by atoms with Gasteiger partial charge in [-0.05, 0) is 36.5 Å². The van der Waals surface area contributed by atoms with E-state index in [9.17, 15) is 9.59 Å². The highest BCUT2D eigenvalue weighted by molar-refractivity contribution is 7.80. The minimum absolute atomic E-state index is 0.211. The van der Waals surface area contributed by atoms with E-state index in [1.165, 1.54) is 22.2 Å². The van der Waals surface area contributed by atoms with Crippen LogP contribution in [0.3, 0.4) is 0 Å². The number of carbonyl (C=O) groups is 2.